The lowest BCUT2D eigenvalue weighted by Gasteiger charge is -2.19. The molecule has 2 nitrogen and oxygen atoms in total. The Morgan fingerprint density at radius 3 is 2.15 bits per heavy atom. The number of rotatable bonds is 4. The van der Waals surface area contributed by atoms with Crippen LogP contribution in [0.15, 0.2) is 45.3 Å². The molecule has 0 fully saturated rings. The minimum absolute atomic E-state index is 0.891. The number of hydrogen-bond acceptors (Lipinski definition) is 2. The Morgan fingerprint density at radius 1 is 0.950 bits per heavy atom. The molecule has 0 aliphatic rings. The van der Waals surface area contributed by atoms with E-state index in [-0.39, 0.29) is 0 Å². The van der Waals surface area contributed by atoms with Crippen molar-refractivity contribution >= 4 is 43.2 Å². The van der Waals surface area contributed by atoms with Gasteiger partial charge in [0.25, 0.3) is 0 Å². The topological polar surface area (TPSA) is 15.3 Å². The first kappa shape index (κ1) is 15.4. The van der Waals surface area contributed by atoms with Gasteiger partial charge < -0.3 is 10.2 Å². The Kier molecular flexibility index (Phi) is 5.11. The number of hydrogen-bond donors (Lipinski definition) is 1. The van der Waals surface area contributed by atoms with E-state index in [1.165, 1.54) is 16.8 Å². The summed E-state index contributed by atoms with van der Waals surface area (Å²) in [4.78, 5) is 2.15. The van der Waals surface area contributed by atoms with Crippen molar-refractivity contribution in [3.63, 3.8) is 0 Å². The van der Waals surface area contributed by atoms with Crippen molar-refractivity contribution in [3.05, 3.63) is 56.5 Å². The van der Waals surface area contributed by atoms with Gasteiger partial charge in [0.05, 0.1) is 0 Å². The molecule has 0 radical (unpaired) electrons. The third kappa shape index (κ3) is 3.55. The molecular formula is C16H18Br2N2. The molecule has 2 rings (SSSR count). The standard InChI is InChI=1S/C16H18Br2N2/c1-19-15-6-4-13(17)9-11(15)8-12-10-14(18)5-7-16(12)20(2)3/h4-7,9-10,19H,8H2,1-3H3. The summed E-state index contributed by atoms with van der Waals surface area (Å²) in [5.41, 5.74) is 5.00. The highest BCUT2D eigenvalue weighted by Gasteiger charge is 2.09. The van der Waals surface area contributed by atoms with Crippen LogP contribution in [0.2, 0.25) is 0 Å². The first-order valence-electron chi connectivity index (χ1n) is 6.43. The van der Waals surface area contributed by atoms with E-state index in [1.807, 2.05) is 7.05 Å². The summed E-state index contributed by atoms with van der Waals surface area (Å²) in [6.07, 6.45) is 0.891. The van der Waals surface area contributed by atoms with Crippen LogP contribution in [0.5, 0.6) is 0 Å². The lowest BCUT2D eigenvalue weighted by atomic mass is 10.0. The summed E-state index contributed by atoms with van der Waals surface area (Å²) in [6, 6.07) is 12.8. The summed E-state index contributed by atoms with van der Waals surface area (Å²) < 4.78 is 2.21. The molecule has 0 aliphatic heterocycles. The number of anilines is 2. The SMILES string of the molecule is CNc1ccc(Br)cc1Cc1cc(Br)ccc1N(C)C. The summed E-state index contributed by atoms with van der Waals surface area (Å²) >= 11 is 7.12. The Bertz CT molecular complexity index is 609. The second kappa shape index (κ2) is 6.64. The molecule has 106 valence electrons. The molecule has 0 spiro atoms. The van der Waals surface area contributed by atoms with Gasteiger partial charge >= 0.3 is 0 Å². The van der Waals surface area contributed by atoms with Crippen LogP contribution in [-0.4, -0.2) is 21.1 Å². The van der Waals surface area contributed by atoms with E-state index in [1.54, 1.807) is 0 Å². The Balaban J connectivity index is 2.44. The Morgan fingerprint density at radius 2 is 1.55 bits per heavy atom. The van der Waals surface area contributed by atoms with Gasteiger partial charge in [0.1, 0.15) is 0 Å². The second-order valence-corrected chi connectivity index (χ2v) is 6.73. The minimum Gasteiger partial charge on any atom is -0.388 e. The zero-order valence-electron chi connectivity index (χ0n) is 11.9. The fraction of sp³-hybridized carbons (Fsp3) is 0.250. The number of nitrogens with zero attached hydrogens (tertiary/aromatic N) is 1. The number of halogens is 2. The van der Waals surface area contributed by atoms with Gasteiger partial charge in [0.15, 0.2) is 0 Å². The maximum absolute atomic E-state index is 3.57. The molecule has 0 bridgehead atoms. The van der Waals surface area contributed by atoms with Crippen molar-refractivity contribution in [1.82, 2.24) is 0 Å². The van der Waals surface area contributed by atoms with Gasteiger partial charge in [0, 0.05) is 47.9 Å². The maximum Gasteiger partial charge on any atom is 0.0397 e. The molecule has 2 aromatic rings. The molecule has 0 saturated carbocycles. The van der Waals surface area contributed by atoms with Crippen LogP contribution in [0, 0.1) is 0 Å². The fourth-order valence-electron chi connectivity index (χ4n) is 2.29. The van der Waals surface area contributed by atoms with Crippen LogP contribution in [0.25, 0.3) is 0 Å². The van der Waals surface area contributed by atoms with E-state index in [9.17, 15) is 0 Å². The third-order valence-corrected chi connectivity index (χ3v) is 4.23. The average molecular weight is 398 g/mol. The van der Waals surface area contributed by atoms with Gasteiger partial charge in [-0.15, -0.1) is 0 Å². The van der Waals surface area contributed by atoms with E-state index >= 15 is 0 Å². The zero-order valence-corrected chi connectivity index (χ0v) is 15.0. The molecule has 0 aromatic heterocycles. The molecular weight excluding hydrogens is 380 g/mol. The lowest BCUT2D eigenvalue weighted by molar-refractivity contribution is 1.08. The first-order valence-corrected chi connectivity index (χ1v) is 8.02. The van der Waals surface area contributed by atoms with Crippen LogP contribution in [0.4, 0.5) is 11.4 Å². The second-order valence-electron chi connectivity index (χ2n) is 4.90. The normalized spacial score (nSPS) is 10.4. The van der Waals surface area contributed by atoms with Crippen molar-refractivity contribution in [2.45, 2.75) is 6.42 Å². The smallest absolute Gasteiger partial charge is 0.0397 e. The van der Waals surface area contributed by atoms with Crippen molar-refractivity contribution in [1.29, 1.82) is 0 Å². The van der Waals surface area contributed by atoms with E-state index in [4.69, 9.17) is 0 Å². The largest absolute Gasteiger partial charge is 0.388 e. The molecule has 0 saturated heterocycles. The van der Waals surface area contributed by atoms with Gasteiger partial charge in [0.2, 0.25) is 0 Å². The Labute approximate surface area is 137 Å². The molecule has 2 aromatic carbocycles. The first-order chi connectivity index (χ1) is 9.51. The highest BCUT2D eigenvalue weighted by atomic mass is 79.9. The Hall–Kier alpha value is -1.00. The fourth-order valence-corrected chi connectivity index (χ4v) is 3.11. The van der Waals surface area contributed by atoms with E-state index in [2.05, 4.69) is 92.6 Å². The van der Waals surface area contributed by atoms with Gasteiger partial charge in [-0.1, -0.05) is 31.9 Å². The van der Waals surface area contributed by atoms with E-state index < -0.39 is 0 Å². The van der Waals surface area contributed by atoms with Crippen molar-refractivity contribution in [3.8, 4) is 0 Å². The highest BCUT2D eigenvalue weighted by Crippen LogP contribution is 2.29. The van der Waals surface area contributed by atoms with Crippen molar-refractivity contribution in [2.24, 2.45) is 0 Å². The molecule has 1 N–H and O–H groups in total. The molecule has 20 heavy (non-hydrogen) atoms. The molecule has 0 unspecified atom stereocenters. The predicted molar refractivity (Wildman–Crippen MR) is 95.0 cm³/mol. The molecule has 0 atom stereocenters. The van der Waals surface area contributed by atoms with E-state index in [0.717, 1.165) is 21.1 Å². The summed E-state index contributed by atoms with van der Waals surface area (Å²) in [7, 11) is 6.11. The van der Waals surface area contributed by atoms with Crippen molar-refractivity contribution in [2.75, 3.05) is 31.4 Å². The summed E-state index contributed by atoms with van der Waals surface area (Å²) in [6.45, 7) is 0. The van der Waals surface area contributed by atoms with E-state index in [0.29, 0.717) is 0 Å². The van der Waals surface area contributed by atoms with Crippen molar-refractivity contribution < 1.29 is 0 Å². The number of benzene rings is 2. The van der Waals surface area contributed by atoms with Gasteiger partial charge in [-0.25, -0.2) is 0 Å². The van der Waals surface area contributed by atoms with Gasteiger partial charge in [-0.3, -0.25) is 0 Å². The highest BCUT2D eigenvalue weighted by molar-refractivity contribution is 9.10. The van der Waals surface area contributed by atoms with Crippen LogP contribution in [0.1, 0.15) is 11.1 Å². The number of nitrogens with one attached hydrogen (secondary N) is 1. The van der Waals surface area contributed by atoms with Gasteiger partial charge in [-0.05, 0) is 47.5 Å². The minimum atomic E-state index is 0.891. The van der Waals surface area contributed by atoms with Gasteiger partial charge in [-0.2, -0.15) is 0 Å². The zero-order chi connectivity index (χ0) is 14.7. The van der Waals surface area contributed by atoms with Crippen LogP contribution < -0.4 is 10.2 Å². The molecule has 4 heteroatoms. The monoisotopic (exact) mass is 396 g/mol. The molecule has 0 aliphatic carbocycles. The van der Waals surface area contributed by atoms with Crippen LogP contribution in [-0.2, 0) is 6.42 Å². The lowest BCUT2D eigenvalue weighted by Crippen LogP contribution is -2.11. The average Bonchev–Trinajstić information content (AvgIpc) is 2.38. The maximum atomic E-state index is 3.57. The molecule has 0 amide bonds. The summed E-state index contributed by atoms with van der Waals surface area (Å²) in [5.74, 6) is 0. The quantitative estimate of drug-likeness (QED) is 0.788. The van der Waals surface area contributed by atoms with Crippen LogP contribution >= 0.6 is 31.9 Å². The summed E-state index contributed by atoms with van der Waals surface area (Å²) in [5, 5.41) is 3.26. The third-order valence-electron chi connectivity index (χ3n) is 3.24. The van der Waals surface area contributed by atoms with Crippen LogP contribution in [0.3, 0.4) is 0 Å². The predicted octanol–water partition coefficient (Wildman–Crippen LogP) is 4.91. The molecule has 0 heterocycles.